The molecular weight excluding hydrogens is 547 g/mol. The monoisotopic (exact) mass is 574 g/mol. The van der Waals surface area contributed by atoms with E-state index in [-0.39, 0.29) is 18.1 Å². The highest BCUT2D eigenvalue weighted by Crippen LogP contribution is 2.30. The topological polar surface area (TPSA) is 109 Å². The van der Waals surface area contributed by atoms with Crippen LogP contribution in [0.15, 0.2) is 67.0 Å². The number of carboxylic acids is 1. The van der Waals surface area contributed by atoms with Crippen molar-refractivity contribution in [1.82, 2.24) is 29.6 Å². The lowest BCUT2D eigenvalue weighted by Crippen LogP contribution is -2.33. The molecule has 210 valence electrons. The maximum Gasteiger partial charge on any atom is 0.335 e. The second-order valence-electron chi connectivity index (χ2n) is 10.2. The van der Waals surface area contributed by atoms with Gasteiger partial charge >= 0.3 is 5.97 Å². The van der Waals surface area contributed by atoms with Gasteiger partial charge in [-0.1, -0.05) is 23.7 Å². The number of rotatable bonds is 9. The molecule has 1 aliphatic rings. The predicted octanol–water partition coefficient (Wildman–Crippen LogP) is 5.65. The van der Waals surface area contributed by atoms with E-state index in [2.05, 4.69) is 19.7 Å². The molecule has 1 aliphatic heterocycles. The van der Waals surface area contributed by atoms with E-state index in [1.807, 2.05) is 18.3 Å². The Morgan fingerprint density at radius 1 is 1.10 bits per heavy atom. The van der Waals surface area contributed by atoms with Crippen LogP contribution < -0.4 is 4.74 Å². The predicted molar refractivity (Wildman–Crippen MR) is 152 cm³/mol. The van der Waals surface area contributed by atoms with Gasteiger partial charge in [-0.25, -0.2) is 19.2 Å². The van der Waals surface area contributed by atoms with Gasteiger partial charge in [0.1, 0.15) is 18.2 Å². The van der Waals surface area contributed by atoms with Crippen LogP contribution in [0.3, 0.4) is 0 Å². The Bertz CT molecular complexity index is 1680. The van der Waals surface area contributed by atoms with E-state index in [1.165, 1.54) is 6.07 Å². The van der Waals surface area contributed by atoms with Gasteiger partial charge in [0.15, 0.2) is 0 Å². The molecule has 0 unspecified atom stereocenters. The van der Waals surface area contributed by atoms with Crippen molar-refractivity contribution in [3.05, 3.63) is 106 Å². The van der Waals surface area contributed by atoms with Gasteiger partial charge in [-0.3, -0.25) is 10.00 Å². The maximum atomic E-state index is 14.1. The number of fused-ring (bicyclic) bond motifs is 1. The lowest BCUT2D eigenvalue weighted by molar-refractivity contribution is 0.0697. The summed E-state index contributed by atoms with van der Waals surface area (Å²) in [5.74, 6) is 0.261. The zero-order valence-electron chi connectivity index (χ0n) is 22.1. The molecule has 5 aromatic rings. The smallest absolute Gasteiger partial charge is 0.335 e. The van der Waals surface area contributed by atoms with Crippen LogP contribution in [0.25, 0.3) is 11.0 Å². The van der Waals surface area contributed by atoms with Crippen LogP contribution in [0, 0.1) is 5.82 Å². The van der Waals surface area contributed by atoms with E-state index in [0.29, 0.717) is 29.6 Å². The second-order valence-corrected chi connectivity index (χ2v) is 10.6. The molecule has 0 bridgehead atoms. The molecule has 4 heterocycles. The summed E-state index contributed by atoms with van der Waals surface area (Å²) < 4.78 is 22.0. The minimum Gasteiger partial charge on any atom is -0.478 e. The molecule has 3 aromatic heterocycles. The number of pyridine rings is 1. The number of nitrogens with zero attached hydrogens (tertiary/aromatic N) is 5. The first-order valence-corrected chi connectivity index (χ1v) is 13.8. The lowest BCUT2D eigenvalue weighted by atomic mass is 9.93. The molecule has 0 amide bonds. The normalized spacial score (nSPS) is 14.5. The quantitative estimate of drug-likeness (QED) is 0.234. The van der Waals surface area contributed by atoms with Crippen LogP contribution >= 0.6 is 11.6 Å². The summed E-state index contributed by atoms with van der Waals surface area (Å²) in [5, 5.41) is 16.8. The van der Waals surface area contributed by atoms with E-state index in [9.17, 15) is 14.3 Å². The Morgan fingerprint density at radius 3 is 2.71 bits per heavy atom. The summed E-state index contributed by atoms with van der Waals surface area (Å²) in [7, 11) is 0. The molecule has 0 radical (unpaired) electrons. The van der Waals surface area contributed by atoms with Crippen molar-refractivity contribution in [3.8, 4) is 5.88 Å². The van der Waals surface area contributed by atoms with Crippen molar-refractivity contribution >= 4 is 28.6 Å². The summed E-state index contributed by atoms with van der Waals surface area (Å²) in [6.07, 6.45) is 5.44. The number of carbonyl (C=O) groups is 1. The molecule has 0 spiro atoms. The highest BCUT2D eigenvalue weighted by atomic mass is 35.5. The SMILES string of the molecule is O=C(O)c1ccc2nc(CN3CCC(c4cccc(OCc5ccc(Cl)cc5F)n4)CC3)n(Cc3cn[nH]c3)c2c1. The Morgan fingerprint density at radius 2 is 1.95 bits per heavy atom. The summed E-state index contributed by atoms with van der Waals surface area (Å²) in [6.45, 7) is 2.99. The number of carboxylic acid groups (broad SMARTS) is 1. The zero-order chi connectivity index (χ0) is 28.3. The van der Waals surface area contributed by atoms with Crippen molar-refractivity contribution in [2.75, 3.05) is 13.1 Å². The summed E-state index contributed by atoms with van der Waals surface area (Å²) >= 11 is 5.84. The molecule has 41 heavy (non-hydrogen) atoms. The van der Waals surface area contributed by atoms with Crippen LogP contribution in [0.1, 0.15) is 51.8 Å². The average molecular weight is 575 g/mol. The van der Waals surface area contributed by atoms with Gasteiger partial charge in [-0.15, -0.1) is 0 Å². The van der Waals surface area contributed by atoms with Crippen molar-refractivity contribution in [3.63, 3.8) is 0 Å². The minimum atomic E-state index is -0.966. The van der Waals surface area contributed by atoms with Crippen LogP contribution in [-0.4, -0.2) is 53.8 Å². The van der Waals surface area contributed by atoms with E-state index in [4.69, 9.17) is 26.3 Å². The van der Waals surface area contributed by atoms with Gasteiger partial charge in [0.25, 0.3) is 0 Å². The molecule has 0 saturated carbocycles. The Labute approximate surface area is 240 Å². The number of hydrogen-bond acceptors (Lipinski definition) is 6. The van der Waals surface area contributed by atoms with E-state index in [1.54, 1.807) is 42.6 Å². The maximum absolute atomic E-state index is 14.1. The van der Waals surface area contributed by atoms with Gasteiger partial charge < -0.3 is 14.4 Å². The molecule has 2 N–H and O–H groups in total. The molecule has 1 fully saturated rings. The first kappa shape index (κ1) is 26.9. The number of halogens is 2. The Kier molecular flexibility index (Phi) is 7.67. The Balaban J connectivity index is 1.13. The van der Waals surface area contributed by atoms with Crippen molar-refractivity contribution < 1.29 is 19.0 Å². The molecule has 1 saturated heterocycles. The first-order chi connectivity index (χ1) is 19.9. The largest absolute Gasteiger partial charge is 0.478 e. The highest BCUT2D eigenvalue weighted by molar-refractivity contribution is 6.30. The van der Waals surface area contributed by atoms with E-state index < -0.39 is 11.8 Å². The van der Waals surface area contributed by atoms with Crippen molar-refractivity contribution in [2.24, 2.45) is 0 Å². The standard InChI is InChI=1S/C30H28ClFN6O3/c31-23-6-4-22(24(32)13-23)18-41-29-3-1-2-25(36-29)20-8-10-37(11-9-20)17-28-35-26-7-5-21(30(39)40)12-27(26)38(28)16-19-14-33-34-15-19/h1-7,12-15,20H,8-11,16-18H2,(H,33,34)(H,39,40). The number of aromatic amines is 1. The fourth-order valence-electron chi connectivity index (χ4n) is 5.27. The fourth-order valence-corrected chi connectivity index (χ4v) is 5.42. The summed E-state index contributed by atoms with van der Waals surface area (Å²) in [6, 6.07) is 15.3. The van der Waals surface area contributed by atoms with Gasteiger partial charge in [-0.2, -0.15) is 5.10 Å². The Hall–Kier alpha value is -4.28. The second kappa shape index (κ2) is 11.7. The molecule has 0 atom stereocenters. The van der Waals surface area contributed by atoms with Gasteiger partial charge in [0.05, 0.1) is 35.9 Å². The number of benzene rings is 2. The molecule has 6 rings (SSSR count). The zero-order valence-corrected chi connectivity index (χ0v) is 22.9. The van der Waals surface area contributed by atoms with Gasteiger partial charge in [0.2, 0.25) is 5.88 Å². The third kappa shape index (κ3) is 6.08. The first-order valence-electron chi connectivity index (χ1n) is 13.4. The summed E-state index contributed by atoms with van der Waals surface area (Å²) in [4.78, 5) is 23.6. The van der Waals surface area contributed by atoms with Crippen molar-refractivity contribution in [2.45, 2.75) is 38.5 Å². The third-order valence-corrected chi connectivity index (χ3v) is 7.71. The number of hydrogen-bond donors (Lipinski definition) is 2. The van der Waals surface area contributed by atoms with Crippen LogP contribution in [-0.2, 0) is 19.7 Å². The number of H-pyrrole nitrogens is 1. The van der Waals surface area contributed by atoms with Gasteiger partial charge in [0, 0.05) is 40.0 Å². The van der Waals surface area contributed by atoms with E-state index >= 15 is 0 Å². The average Bonchev–Trinajstić information content (AvgIpc) is 3.61. The van der Waals surface area contributed by atoms with E-state index in [0.717, 1.165) is 54.0 Å². The molecule has 2 aromatic carbocycles. The third-order valence-electron chi connectivity index (χ3n) is 7.48. The molecule has 11 heteroatoms. The molecular formula is C30H28ClFN6O3. The van der Waals surface area contributed by atoms with Gasteiger partial charge in [-0.05, 0) is 62.3 Å². The van der Waals surface area contributed by atoms with Crippen LogP contribution in [0.4, 0.5) is 4.39 Å². The number of nitrogens with one attached hydrogen (secondary N) is 1. The molecule has 0 aliphatic carbocycles. The molecule has 9 nitrogen and oxygen atoms in total. The number of piperidine rings is 1. The number of imidazole rings is 1. The van der Waals surface area contributed by atoms with Crippen LogP contribution in [0.2, 0.25) is 5.02 Å². The van der Waals surface area contributed by atoms with Crippen molar-refractivity contribution in [1.29, 1.82) is 0 Å². The fraction of sp³-hybridized carbons (Fsp3) is 0.267. The number of ether oxygens (including phenoxy) is 1. The lowest BCUT2D eigenvalue weighted by Gasteiger charge is -2.31. The minimum absolute atomic E-state index is 0.0751. The number of aromatic carboxylic acids is 1. The van der Waals surface area contributed by atoms with Crippen LogP contribution in [0.5, 0.6) is 5.88 Å². The number of likely N-dealkylation sites (tertiary alicyclic amines) is 1. The summed E-state index contributed by atoms with van der Waals surface area (Å²) in [5.41, 5.74) is 4.16. The highest BCUT2D eigenvalue weighted by Gasteiger charge is 2.24. The number of aromatic nitrogens is 5.